The van der Waals surface area contributed by atoms with Gasteiger partial charge < -0.3 is 0 Å². The first-order valence-electron chi connectivity index (χ1n) is 11.3. The minimum Gasteiger partial charge on any atom is -0.287 e. The lowest BCUT2D eigenvalue weighted by Gasteiger charge is -2.13. The summed E-state index contributed by atoms with van der Waals surface area (Å²) < 4.78 is 1.63. The van der Waals surface area contributed by atoms with Crippen molar-refractivity contribution in [3.8, 4) is 0 Å². The summed E-state index contributed by atoms with van der Waals surface area (Å²) in [4.78, 5) is 42.5. The van der Waals surface area contributed by atoms with Gasteiger partial charge >= 0.3 is 0 Å². The van der Waals surface area contributed by atoms with E-state index < -0.39 is 11.8 Å². The molecule has 3 aromatic carbocycles. The first-order chi connectivity index (χ1) is 17.0. The molecule has 35 heavy (non-hydrogen) atoms. The lowest BCUT2D eigenvalue weighted by molar-refractivity contribution is -0.119. The van der Waals surface area contributed by atoms with E-state index >= 15 is 0 Å². The van der Waals surface area contributed by atoms with E-state index in [2.05, 4.69) is 28.0 Å². The second-order valence-corrected chi connectivity index (χ2v) is 9.06. The zero-order valence-corrected chi connectivity index (χ0v) is 20.2. The summed E-state index contributed by atoms with van der Waals surface area (Å²) in [5.41, 5.74) is 8.01. The molecular weight excluding hydrogens is 460 g/mol. The molecule has 2 amide bonds. The third kappa shape index (κ3) is 6.36. The molecule has 0 saturated heterocycles. The summed E-state index contributed by atoms with van der Waals surface area (Å²) in [6.45, 7) is 2.42. The SMILES string of the molecule is Cc1ccc(C(=O)NNC(=O)CSc2nc3ccccc3c(=O)n2CCCc2ccccc2)cc1. The van der Waals surface area contributed by atoms with Gasteiger partial charge in [0.15, 0.2) is 5.16 Å². The van der Waals surface area contributed by atoms with Crippen molar-refractivity contribution in [3.05, 3.63) is 106 Å². The number of nitrogens with zero attached hydrogens (tertiary/aromatic N) is 2. The van der Waals surface area contributed by atoms with Crippen LogP contribution in [0, 0.1) is 6.92 Å². The zero-order chi connectivity index (χ0) is 24.6. The van der Waals surface area contributed by atoms with E-state index in [-0.39, 0.29) is 11.3 Å². The number of fused-ring (bicyclic) bond motifs is 1. The summed E-state index contributed by atoms with van der Waals surface area (Å²) in [6.07, 6.45) is 1.59. The maximum absolute atomic E-state index is 13.2. The van der Waals surface area contributed by atoms with Gasteiger partial charge in [-0.2, -0.15) is 0 Å². The normalized spacial score (nSPS) is 10.8. The molecular formula is C27H26N4O3S. The van der Waals surface area contributed by atoms with Crippen LogP contribution in [0.4, 0.5) is 0 Å². The van der Waals surface area contributed by atoms with Gasteiger partial charge in [0.2, 0.25) is 5.91 Å². The lowest BCUT2D eigenvalue weighted by atomic mass is 10.1. The highest BCUT2D eigenvalue weighted by Crippen LogP contribution is 2.18. The number of hydrogen-bond acceptors (Lipinski definition) is 5. The van der Waals surface area contributed by atoms with Crippen molar-refractivity contribution < 1.29 is 9.59 Å². The quantitative estimate of drug-likeness (QED) is 0.224. The first-order valence-corrected chi connectivity index (χ1v) is 12.3. The van der Waals surface area contributed by atoms with Crippen LogP contribution in [-0.2, 0) is 17.8 Å². The molecule has 178 valence electrons. The molecule has 4 aromatic rings. The summed E-state index contributed by atoms with van der Waals surface area (Å²) in [6, 6.07) is 24.3. The van der Waals surface area contributed by atoms with Crippen LogP contribution in [0.5, 0.6) is 0 Å². The van der Waals surface area contributed by atoms with E-state index in [0.717, 1.165) is 18.4 Å². The largest absolute Gasteiger partial charge is 0.287 e. The molecule has 0 aliphatic rings. The second kappa shape index (κ2) is 11.5. The molecule has 0 aliphatic heterocycles. The molecule has 0 fully saturated rings. The first kappa shape index (κ1) is 24.2. The molecule has 4 rings (SSSR count). The Balaban J connectivity index is 1.42. The van der Waals surface area contributed by atoms with Crippen LogP contribution >= 0.6 is 11.8 Å². The highest BCUT2D eigenvalue weighted by atomic mass is 32.2. The minimum absolute atomic E-state index is 0.00234. The van der Waals surface area contributed by atoms with Crippen LogP contribution < -0.4 is 16.4 Å². The second-order valence-electron chi connectivity index (χ2n) is 8.11. The summed E-state index contributed by atoms with van der Waals surface area (Å²) in [7, 11) is 0. The van der Waals surface area contributed by atoms with Crippen LogP contribution in [-0.4, -0.2) is 27.1 Å². The Morgan fingerprint density at radius 3 is 2.40 bits per heavy atom. The third-order valence-electron chi connectivity index (χ3n) is 5.48. The van der Waals surface area contributed by atoms with E-state index in [0.29, 0.717) is 28.2 Å². The molecule has 7 nitrogen and oxygen atoms in total. The fraction of sp³-hybridized carbons (Fsp3) is 0.185. The molecule has 0 radical (unpaired) electrons. The number of rotatable bonds is 8. The van der Waals surface area contributed by atoms with Crippen molar-refractivity contribution in [2.45, 2.75) is 31.5 Å². The number of hydrazine groups is 1. The van der Waals surface area contributed by atoms with Crippen LogP contribution in [0.25, 0.3) is 10.9 Å². The summed E-state index contributed by atoms with van der Waals surface area (Å²) >= 11 is 1.17. The number of thioether (sulfide) groups is 1. The van der Waals surface area contributed by atoms with Crippen LogP contribution in [0.15, 0.2) is 88.8 Å². The smallest absolute Gasteiger partial charge is 0.269 e. The fourth-order valence-corrected chi connectivity index (χ4v) is 4.44. The Kier molecular flexibility index (Phi) is 7.95. The van der Waals surface area contributed by atoms with Gasteiger partial charge in [0.1, 0.15) is 0 Å². The minimum atomic E-state index is -0.398. The Labute approximate surface area is 207 Å². The Bertz CT molecular complexity index is 1390. The average Bonchev–Trinajstić information content (AvgIpc) is 2.88. The standard InChI is InChI=1S/C27H26N4O3S/c1-19-13-15-21(16-14-19)25(33)30-29-24(32)18-35-27-28-23-12-6-5-11-22(23)26(34)31(27)17-7-10-20-8-3-2-4-9-20/h2-6,8-9,11-16H,7,10,17-18H2,1H3,(H,29,32)(H,30,33). The Morgan fingerprint density at radius 2 is 1.63 bits per heavy atom. The zero-order valence-electron chi connectivity index (χ0n) is 19.4. The topological polar surface area (TPSA) is 93.1 Å². The van der Waals surface area contributed by atoms with Crippen LogP contribution in [0.3, 0.4) is 0 Å². The highest BCUT2D eigenvalue weighted by Gasteiger charge is 2.14. The molecule has 0 aliphatic carbocycles. The van der Waals surface area contributed by atoms with Gasteiger partial charge in [0.05, 0.1) is 16.7 Å². The van der Waals surface area contributed by atoms with Gasteiger partial charge in [-0.05, 0) is 49.6 Å². The number of para-hydroxylation sites is 1. The molecule has 0 bridgehead atoms. The molecule has 2 N–H and O–H groups in total. The molecule has 0 atom stereocenters. The maximum atomic E-state index is 13.2. The Hall–Kier alpha value is -3.91. The molecule has 8 heteroatoms. The number of benzene rings is 3. The average molecular weight is 487 g/mol. The summed E-state index contributed by atoms with van der Waals surface area (Å²) in [5, 5.41) is 1.02. The predicted molar refractivity (Wildman–Crippen MR) is 138 cm³/mol. The maximum Gasteiger partial charge on any atom is 0.269 e. The molecule has 1 heterocycles. The fourth-order valence-electron chi connectivity index (χ4n) is 3.61. The van der Waals surface area contributed by atoms with Gasteiger partial charge in [-0.15, -0.1) is 0 Å². The van der Waals surface area contributed by atoms with E-state index in [4.69, 9.17) is 0 Å². The summed E-state index contributed by atoms with van der Waals surface area (Å²) in [5.74, 6) is -0.795. The van der Waals surface area contributed by atoms with Crippen LogP contribution in [0.1, 0.15) is 27.9 Å². The van der Waals surface area contributed by atoms with Crippen molar-refractivity contribution in [1.82, 2.24) is 20.4 Å². The van der Waals surface area contributed by atoms with Gasteiger partial charge in [-0.1, -0.05) is 71.9 Å². The van der Waals surface area contributed by atoms with E-state index in [9.17, 15) is 14.4 Å². The monoisotopic (exact) mass is 486 g/mol. The van der Waals surface area contributed by atoms with Crippen molar-refractivity contribution in [2.75, 3.05) is 5.75 Å². The van der Waals surface area contributed by atoms with Crippen molar-refractivity contribution in [1.29, 1.82) is 0 Å². The molecule has 1 aromatic heterocycles. The number of aromatic nitrogens is 2. The third-order valence-corrected chi connectivity index (χ3v) is 6.45. The van der Waals surface area contributed by atoms with Gasteiger partial charge in [-0.25, -0.2) is 4.98 Å². The van der Waals surface area contributed by atoms with Crippen LogP contribution in [0.2, 0.25) is 0 Å². The predicted octanol–water partition coefficient (Wildman–Crippen LogP) is 3.89. The van der Waals surface area contributed by atoms with Gasteiger partial charge in [0.25, 0.3) is 11.5 Å². The van der Waals surface area contributed by atoms with E-state index in [1.165, 1.54) is 17.3 Å². The molecule has 0 unspecified atom stereocenters. The number of carbonyl (C=O) groups is 2. The van der Waals surface area contributed by atoms with E-state index in [1.54, 1.807) is 28.8 Å². The molecule has 0 spiro atoms. The lowest BCUT2D eigenvalue weighted by Crippen LogP contribution is -2.42. The highest BCUT2D eigenvalue weighted by molar-refractivity contribution is 7.99. The molecule has 0 saturated carbocycles. The number of hydrogen-bond donors (Lipinski definition) is 2. The van der Waals surface area contributed by atoms with Crippen molar-refractivity contribution >= 4 is 34.5 Å². The van der Waals surface area contributed by atoms with E-state index in [1.807, 2.05) is 49.4 Å². The van der Waals surface area contributed by atoms with Crippen molar-refractivity contribution in [2.24, 2.45) is 0 Å². The number of carbonyl (C=O) groups excluding carboxylic acids is 2. The van der Waals surface area contributed by atoms with Crippen molar-refractivity contribution in [3.63, 3.8) is 0 Å². The number of nitrogens with one attached hydrogen (secondary N) is 2. The van der Waals surface area contributed by atoms with Gasteiger partial charge in [-0.3, -0.25) is 29.8 Å². The number of amides is 2. The number of aryl methyl sites for hydroxylation is 2. The van der Waals surface area contributed by atoms with Gasteiger partial charge in [0, 0.05) is 12.1 Å². The Morgan fingerprint density at radius 1 is 0.914 bits per heavy atom.